The van der Waals surface area contributed by atoms with Crippen LogP contribution in [0.1, 0.15) is 22.3 Å². The Hall–Kier alpha value is -2.13. The molecule has 0 heterocycles. The molecule has 1 amide bonds. The Labute approximate surface area is 125 Å². The second kappa shape index (κ2) is 7.46. The quantitative estimate of drug-likeness (QED) is 0.835. The Balaban J connectivity index is 2.81. The summed E-state index contributed by atoms with van der Waals surface area (Å²) in [7, 11) is 1.25. The summed E-state index contributed by atoms with van der Waals surface area (Å²) in [6.07, 6.45) is 0.231. The Kier molecular flexibility index (Phi) is 5.94. The fourth-order valence-corrected chi connectivity index (χ4v) is 1.82. The maximum absolute atomic E-state index is 12.0. The van der Waals surface area contributed by atoms with Crippen molar-refractivity contribution in [3.05, 3.63) is 46.5 Å². The summed E-state index contributed by atoms with van der Waals surface area (Å²) in [5.74, 6) is -0.966. The van der Waals surface area contributed by atoms with E-state index in [0.29, 0.717) is 15.6 Å². The number of rotatable bonds is 5. The number of ether oxygens (including phenoxy) is 1. The van der Waals surface area contributed by atoms with Gasteiger partial charge in [0.05, 0.1) is 18.7 Å². The van der Waals surface area contributed by atoms with E-state index in [4.69, 9.17) is 5.26 Å². The minimum atomic E-state index is -0.810. The molecule has 0 saturated heterocycles. The molecular weight excluding hydrogens is 324 g/mol. The SMILES string of the molecule is C=C(Br)C[C@H](NC(=O)c1ccc(C#N)cc1)C(=O)OC. The monoisotopic (exact) mass is 336 g/mol. The molecule has 5 nitrogen and oxygen atoms in total. The molecule has 1 atom stereocenters. The lowest BCUT2D eigenvalue weighted by Gasteiger charge is -2.16. The molecule has 6 heteroatoms. The first-order valence-corrected chi connectivity index (χ1v) is 6.49. The van der Waals surface area contributed by atoms with E-state index in [9.17, 15) is 9.59 Å². The van der Waals surface area contributed by atoms with Gasteiger partial charge in [0.25, 0.3) is 5.91 Å². The van der Waals surface area contributed by atoms with Crippen molar-refractivity contribution >= 4 is 27.8 Å². The van der Waals surface area contributed by atoms with E-state index in [1.807, 2.05) is 6.07 Å². The number of halogens is 1. The summed E-state index contributed by atoms with van der Waals surface area (Å²) in [5, 5.41) is 11.3. The van der Waals surface area contributed by atoms with Gasteiger partial charge in [0.1, 0.15) is 6.04 Å². The molecule has 1 rings (SSSR count). The number of nitriles is 1. The van der Waals surface area contributed by atoms with Gasteiger partial charge in [-0.05, 0) is 28.7 Å². The van der Waals surface area contributed by atoms with Gasteiger partial charge in [0, 0.05) is 12.0 Å². The molecule has 0 aliphatic heterocycles. The largest absolute Gasteiger partial charge is 0.467 e. The number of esters is 1. The van der Waals surface area contributed by atoms with Gasteiger partial charge in [0.2, 0.25) is 0 Å². The fourth-order valence-electron chi connectivity index (χ4n) is 1.49. The lowest BCUT2D eigenvalue weighted by Crippen LogP contribution is -2.41. The van der Waals surface area contributed by atoms with Gasteiger partial charge < -0.3 is 10.1 Å². The van der Waals surface area contributed by atoms with Crippen molar-refractivity contribution in [2.24, 2.45) is 0 Å². The number of carbonyl (C=O) groups excluding carboxylic acids is 2. The van der Waals surface area contributed by atoms with Gasteiger partial charge in [-0.2, -0.15) is 5.26 Å². The normalized spacial score (nSPS) is 11.1. The van der Waals surface area contributed by atoms with E-state index in [1.54, 1.807) is 0 Å². The predicted octanol–water partition coefficient (Wildman–Crippen LogP) is 2.13. The lowest BCUT2D eigenvalue weighted by molar-refractivity contribution is -0.142. The van der Waals surface area contributed by atoms with Crippen LogP contribution in [0.2, 0.25) is 0 Å². The molecule has 0 unspecified atom stereocenters. The van der Waals surface area contributed by atoms with E-state index < -0.39 is 17.9 Å². The van der Waals surface area contributed by atoms with Crippen LogP contribution in [0.15, 0.2) is 35.3 Å². The summed E-state index contributed by atoms with van der Waals surface area (Å²) in [4.78, 5) is 23.6. The van der Waals surface area contributed by atoms with Crippen LogP contribution in [0.4, 0.5) is 0 Å². The molecule has 20 heavy (non-hydrogen) atoms. The van der Waals surface area contributed by atoms with E-state index in [2.05, 4.69) is 32.6 Å². The summed E-state index contributed by atoms with van der Waals surface area (Å²) >= 11 is 3.15. The summed E-state index contributed by atoms with van der Waals surface area (Å²) in [6.45, 7) is 3.64. The van der Waals surface area contributed by atoms with Crippen molar-refractivity contribution in [1.82, 2.24) is 5.32 Å². The molecule has 0 saturated carbocycles. The molecule has 1 aromatic carbocycles. The average molecular weight is 337 g/mol. The minimum absolute atomic E-state index is 0.231. The van der Waals surface area contributed by atoms with E-state index in [0.717, 1.165) is 0 Å². The van der Waals surface area contributed by atoms with E-state index >= 15 is 0 Å². The van der Waals surface area contributed by atoms with Gasteiger partial charge in [-0.25, -0.2) is 4.79 Å². The van der Waals surface area contributed by atoms with Crippen LogP contribution in [0, 0.1) is 11.3 Å². The Morgan fingerprint density at radius 1 is 1.45 bits per heavy atom. The topological polar surface area (TPSA) is 79.2 Å². The minimum Gasteiger partial charge on any atom is -0.467 e. The zero-order chi connectivity index (χ0) is 15.1. The Morgan fingerprint density at radius 3 is 2.50 bits per heavy atom. The van der Waals surface area contributed by atoms with Crippen molar-refractivity contribution in [1.29, 1.82) is 5.26 Å². The number of carbonyl (C=O) groups is 2. The molecule has 104 valence electrons. The zero-order valence-electron chi connectivity index (χ0n) is 10.9. The first kappa shape index (κ1) is 15.9. The molecular formula is C14H13BrN2O3. The zero-order valence-corrected chi connectivity index (χ0v) is 12.4. The summed E-state index contributed by atoms with van der Waals surface area (Å²) in [5.41, 5.74) is 0.818. The van der Waals surface area contributed by atoms with Crippen molar-refractivity contribution in [2.75, 3.05) is 7.11 Å². The highest BCUT2D eigenvalue weighted by atomic mass is 79.9. The molecule has 0 aromatic heterocycles. The number of methoxy groups -OCH3 is 1. The van der Waals surface area contributed by atoms with Crippen LogP contribution in [0.25, 0.3) is 0 Å². The number of nitrogens with zero attached hydrogens (tertiary/aromatic N) is 1. The van der Waals surface area contributed by atoms with Crippen LogP contribution in [-0.2, 0) is 9.53 Å². The molecule has 1 aromatic rings. The lowest BCUT2D eigenvalue weighted by atomic mass is 10.1. The number of amides is 1. The van der Waals surface area contributed by atoms with E-state index in [-0.39, 0.29) is 6.42 Å². The Bertz CT molecular complexity index is 561. The average Bonchev–Trinajstić information content (AvgIpc) is 2.45. The number of hydrogen-bond acceptors (Lipinski definition) is 4. The number of hydrogen-bond donors (Lipinski definition) is 1. The molecule has 0 spiro atoms. The highest BCUT2D eigenvalue weighted by Gasteiger charge is 2.22. The third kappa shape index (κ3) is 4.52. The van der Waals surface area contributed by atoms with Gasteiger partial charge in [-0.1, -0.05) is 22.5 Å². The third-order valence-electron chi connectivity index (χ3n) is 2.49. The van der Waals surface area contributed by atoms with Crippen LogP contribution in [0.5, 0.6) is 0 Å². The molecule has 0 aliphatic carbocycles. The number of nitrogens with one attached hydrogen (secondary N) is 1. The Morgan fingerprint density at radius 2 is 2.05 bits per heavy atom. The smallest absolute Gasteiger partial charge is 0.328 e. The third-order valence-corrected chi connectivity index (χ3v) is 2.82. The van der Waals surface area contributed by atoms with Gasteiger partial charge in [-0.3, -0.25) is 4.79 Å². The van der Waals surface area contributed by atoms with Gasteiger partial charge in [0.15, 0.2) is 0 Å². The first-order chi connectivity index (χ1) is 9.47. The van der Waals surface area contributed by atoms with Crippen LogP contribution in [-0.4, -0.2) is 25.0 Å². The highest BCUT2D eigenvalue weighted by Crippen LogP contribution is 2.12. The van der Waals surface area contributed by atoms with Crippen molar-refractivity contribution < 1.29 is 14.3 Å². The van der Waals surface area contributed by atoms with E-state index in [1.165, 1.54) is 31.4 Å². The van der Waals surface area contributed by atoms with Gasteiger partial charge >= 0.3 is 5.97 Å². The fraction of sp³-hybridized carbons (Fsp3) is 0.214. The summed E-state index contributed by atoms with van der Waals surface area (Å²) < 4.78 is 5.20. The van der Waals surface area contributed by atoms with Crippen molar-refractivity contribution in [3.63, 3.8) is 0 Å². The first-order valence-electron chi connectivity index (χ1n) is 5.70. The molecule has 0 radical (unpaired) electrons. The molecule has 0 fully saturated rings. The molecule has 0 aliphatic rings. The van der Waals surface area contributed by atoms with Crippen LogP contribution >= 0.6 is 15.9 Å². The number of benzene rings is 1. The van der Waals surface area contributed by atoms with Gasteiger partial charge in [-0.15, -0.1) is 0 Å². The van der Waals surface area contributed by atoms with Crippen LogP contribution < -0.4 is 5.32 Å². The maximum Gasteiger partial charge on any atom is 0.328 e. The summed E-state index contributed by atoms with van der Waals surface area (Å²) in [6, 6.07) is 7.26. The second-order valence-corrected chi connectivity index (χ2v) is 5.08. The van der Waals surface area contributed by atoms with Crippen LogP contribution in [0.3, 0.4) is 0 Å². The molecule has 1 N–H and O–H groups in total. The molecule has 0 bridgehead atoms. The second-order valence-electron chi connectivity index (χ2n) is 3.96. The predicted molar refractivity (Wildman–Crippen MR) is 77.1 cm³/mol. The highest BCUT2D eigenvalue weighted by molar-refractivity contribution is 9.11. The maximum atomic E-state index is 12.0. The standard InChI is InChI=1S/C14H13BrN2O3/c1-9(15)7-12(14(19)20-2)17-13(18)11-5-3-10(8-16)4-6-11/h3-6,12H,1,7H2,2H3,(H,17,18)/t12-/m0/s1. The van der Waals surface area contributed by atoms with Crippen molar-refractivity contribution in [2.45, 2.75) is 12.5 Å². The van der Waals surface area contributed by atoms with Crippen molar-refractivity contribution in [3.8, 4) is 6.07 Å².